The van der Waals surface area contributed by atoms with Crippen molar-refractivity contribution in [2.24, 2.45) is 5.92 Å². The van der Waals surface area contributed by atoms with E-state index in [1.165, 1.54) is 11.3 Å². The van der Waals surface area contributed by atoms with E-state index in [0.29, 0.717) is 22.9 Å². The lowest BCUT2D eigenvalue weighted by Crippen LogP contribution is -2.49. The zero-order chi connectivity index (χ0) is 11.0. The highest BCUT2D eigenvalue weighted by Gasteiger charge is 2.46. The molecule has 2 aliphatic rings. The molecule has 7 heteroatoms. The van der Waals surface area contributed by atoms with Crippen molar-refractivity contribution in [1.29, 1.82) is 0 Å². The molecule has 16 heavy (non-hydrogen) atoms. The van der Waals surface area contributed by atoms with Crippen molar-refractivity contribution >= 4 is 16.5 Å². The standard InChI is InChI=1S/C9H13N3O3S/c10-7-11-12-8(16-7)14-2-6-1-9(15-3-6)4-13-5-9/h6H,1-5H2,(H2,10,11). The summed E-state index contributed by atoms with van der Waals surface area (Å²) < 4.78 is 16.4. The number of nitrogens with zero attached hydrogens (tertiary/aromatic N) is 2. The van der Waals surface area contributed by atoms with Gasteiger partial charge in [-0.25, -0.2) is 0 Å². The lowest BCUT2D eigenvalue weighted by atomic mass is 9.93. The fraction of sp³-hybridized carbons (Fsp3) is 0.778. The first kappa shape index (κ1) is 10.2. The van der Waals surface area contributed by atoms with Crippen LogP contribution in [0.5, 0.6) is 5.19 Å². The predicted molar refractivity (Wildman–Crippen MR) is 57.4 cm³/mol. The van der Waals surface area contributed by atoms with Crippen LogP contribution in [0.3, 0.4) is 0 Å². The Morgan fingerprint density at radius 3 is 2.94 bits per heavy atom. The molecule has 0 saturated carbocycles. The molecule has 3 heterocycles. The van der Waals surface area contributed by atoms with Crippen molar-refractivity contribution in [3.05, 3.63) is 0 Å². The van der Waals surface area contributed by atoms with Crippen molar-refractivity contribution < 1.29 is 14.2 Å². The van der Waals surface area contributed by atoms with E-state index in [0.717, 1.165) is 26.2 Å². The Labute approximate surface area is 96.7 Å². The van der Waals surface area contributed by atoms with Gasteiger partial charge in [-0.3, -0.25) is 0 Å². The minimum atomic E-state index is -0.0197. The summed E-state index contributed by atoms with van der Waals surface area (Å²) in [7, 11) is 0. The molecular formula is C9H13N3O3S. The van der Waals surface area contributed by atoms with Crippen molar-refractivity contribution in [2.45, 2.75) is 12.0 Å². The fourth-order valence-corrected chi connectivity index (χ4v) is 2.51. The molecule has 2 fully saturated rings. The molecule has 1 spiro atoms. The minimum absolute atomic E-state index is 0.0197. The van der Waals surface area contributed by atoms with E-state index >= 15 is 0 Å². The number of hydrogen-bond acceptors (Lipinski definition) is 7. The normalized spacial score (nSPS) is 26.9. The van der Waals surface area contributed by atoms with E-state index in [1.807, 2.05) is 0 Å². The van der Waals surface area contributed by atoms with Gasteiger partial charge in [-0.05, 0) is 17.8 Å². The molecule has 1 unspecified atom stereocenters. The highest BCUT2D eigenvalue weighted by Crippen LogP contribution is 2.36. The topological polar surface area (TPSA) is 79.5 Å². The van der Waals surface area contributed by atoms with Gasteiger partial charge in [0.2, 0.25) is 5.13 Å². The molecule has 2 aliphatic heterocycles. The van der Waals surface area contributed by atoms with Gasteiger partial charge in [0.05, 0.1) is 26.4 Å². The van der Waals surface area contributed by atoms with Gasteiger partial charge in [0.1, 0.15) is 5.60 Å². The summed E-state index contributed by atoms with van der Waals surface area (Å²) in [6.45, 7) is 2.78. The third kappa shape index (κ3) is 1.85. The lowest BCUT2D eigenvalue weighted by Gasteiger charge is -2.36. The molecule has 0 radical (unpaired) electrons. The van der Waals surface area contributed by atoms with Crippen LogP contribution in [0.25, 0.3) is 0 Å². The first-order valence-corrected chi connectivity index (χ1v) is 6.01. The lowest BCUT2D eigenvalue weighted by molar-refractivity contribution is -0.184. The van der Waals surface area contributed by atoms with E-state index in [9.17, 15) is 0 Å². The minimum Gasteiger partial charge on any atom is -0.469 e. The number of aromatic nitrogens is 2. The van der Waals surface area contributed by atoms with Crippen LogP contribution in [-0.2, 0) is 9.47 Å². The quantitative estimate of drug-likeness (QED) is 0.822. The van der Waals surface area contributed by atoms with E-state index in [2.05, 4.69) is 10.2 Å². The first-order chi connectivity index (χ1) is 7.76. The highest BCUT2D eigenvalue weighted by molar-refractivity contribution is 7.16. The second-order valence-electron chi connectivity index (χ2n) is 4.27. The SMILES string of the molecule is Nc1nnc(OCC2COC3(COC3)C2)s1. The highest BCUT2D eigenvalue weighted by atomic mass is 32.1. The largest absolute Gasteiger partial charge is 0.469 e. The van der Waals surface area contributed by atoms with Crippen LogP contribution in [-0.4, -0.2) is 42.2 Å². The average Bonchev–Trinajstić information content (AvgIpc) is 2.80. The van der Waals surface area contributed by atoms with E-state index in [4.69, 9.17) is 19.9 Å². The zero-order valence-electron chi connectivity index (χ0n) is 8.72. The van der Waals surface area contributed by atoms with Gasteiger partial charge in [-0.2, -0.15) is 0 Å². The molecule has 0 bridgehead atoms. The average molecular weight is 243 g/mol. The van der Waals surface area contributed by atoms with Crippen LogP contribution in [0.4, 0.5) is 5.13 Å². The van der Waals surface area contributed by atoms with E-state index in [1.54, 1.807) is 0 Å². The van der Waals surface area contributed by atoms with Crippen molar-refractivity contribution in [3.8, 4) is 5.19 Å². The van der Waals surface area contributed by atoms with Gasteiger partial charge in [0.25, 0.3) is 5.19 Å². The molecule has 2 saturated heterocycles. The number of nitrogens with two attached hydrogens (primary N) is 1. The molecule has 0 aliphatic carbocycles. The monoisotopic (exact) mass is 243 g/mol. The third-order valence-electron chi connectivity index (χ3n) is 2.88. The zero-order valence-corrected chi connectivity index (χ0v) is 9.53. The Morgan fingerprint density at radius 1 is 1.50 bits per heavy atom. The Kier molecular flexibility index (Phi) is 2.45. The van der Waals surface area contributed by atoms with Crippen molar-refractivity contribution in [1.82, 2.24) is 10.2 Å². The maximum atomic E-state index is 5.72. The van der Waals surface area contributed by atoms with Gasteiger partial charge in [-0.15, -0.1) is 5.10 Å². The number of hydrogen-bond donors (Lipinski definition) is 1. The molecular weight excluding hydrogens is 230 g/mol. The molecule has 3 rings (SSSR count). The second-order valence-corrected chi connectivity index (χ2v) is 5.25. The molecule has 0 amide bonds. The number of rotatable bonds is 3. The van der Waals surface area contributed by atoms with Gasteiger partial charge in [0, 0.05) is 5.92 Å². The number of anilines is 1. The van der Waals surface area contributed by atoms with Gasteiger partial charge in [-0.1, -0.05) is 5.10 Å². The predicted octanol–water partition coefficient (Wildman–Crippen LogP) is 0.305. The Hall–Kier alpha value is -0.920. The summed E-state index contributed by atoms with van der Waals surface area (Å²) in [5.41, 5.74) is 5.44. The van der Waals surface area contributed by atoms with Gasteiger partial charge < -0.3 is 19.9 Å². The van der Waals surface area contributed by atoms with Crippen LogP contribution < -0.4 is 10.5 Å². The Balaban J connectivity index is 1.49. The van der Waals surface area contributed by atoms with Gasteiger partial charge in [0.15, 0.2) is 0 Å². The summed E-state index contributed by atoms with van der Waals surface area (Å²) in [5, 5.41) is 8.45. The summed E-state index contributed by atoms with van der Waals surface area (Å²) in [5.74, 6) is 0.411. The van der Waals surface area contributed by atoms with Crippen LogP contribution >= 0.6 is 11.3 Å². The molecule has 88 valence electrons. The van der Waals surface area contributed by atoms with Crippen LogP contribution in [0.2, 0.25) is 0 Å². The van der Waals surface area contributed by atoms with E-state index in [-0.39, 0.29) is 5.60 Å². The van der Waals surface area contributed by atoms with E-state index < -0.39 is 0 Å². The smallest absolute Gasteiger partial charge is 0.295 e. The summed E-state index contributed by atoms with van der Waals surface area (Å²) in [4.78, 5) is 0. The summed E-state index contributed by atoms with van der Waals surface area (Å²) in [6, 6.07) is 0. The van der Waals surface area contributed by atoms with Crippen LogP contribution in [0, 0.1) is 5.92 Å². The molecule has 1 aromatic heterocycles. The van der Waals surface area contributed by atoms with Crippen molar-refractivity contribution in [3.63, 3.8) is 0 Å². The molecule has 1 aromatic rings. The Bertz CT molecular complexity index is 380. The molecule has 1 atom stereocenters. The number of ether oxygens (including phenoxy) is 3. The summed E-state index contributed by atoms with van der Waals surface area (Å²) >= 11 is 1.26. The van der Waals surface area contributed by atoms with Crippen LogP contribution in [0.1, 0.15) is 6.42 Å². The maximum Gasteiger partial charge on any atom is 0.295 e. The second kappa shape index (κ2) is 3.83. The third-order valence-corrected chi connectivity index (χ3v) is 3.55. The maximum absolute atomic E-state index is 5.72. The fourth-order valence-electron chi connectivity index (χ4n) is 2.04. The first-order valence-electron chi connectivity index (χ1n) is 5.19. The van der Waals surface area contributed by atoms with Crippen LogP contribution in [0.15, 0.2) is 0 Å². The summed E-state index contributed by atoms with van der Waals surface area (Å²) in [6.07, 6.45) is 1.00. The molecule has 6 nitrogen and oxygen atoms in total. The Morgan fingerprint density at radius 2 is 2.38 bits per heavy atom. The number of nitrogen functional groups attached to an aromatic ring is 1. The van der Waals surface area contributed by atoms with Crippen molar-refractivity contribution in [2.75, 3.05) is 32.2 Å². The van der Waals surface area contributed by atoms with Gasteiger partial charge >= 0.3 is 0 Å². The molecule has 0 aromatic carbocycles. The molecule has 2 N–H and O–H groups in total.